The highest BCUT2D eigenvalue weighted by Crippen LogP contribution is 2.11. The molecule has 0 radical (unpaired) electrons. The summed E-state index contributed by atoms with van der Waals surface area (Å²) in [6, 6.07) is -0.119. The summed E-state index contributed by atoms with van der Waals surface area (Å²) in [6.07, 6.45) is -2.28. The molecule has 0 aromatic heterocycles. The topological polar surface area (TPSA) is 293 Å². The Balaban J connectivity index is 2.90. The van der Waals surface area contributed by atoms with Crippen LogP contribution in [0.1, 0.15) is 31.7 Å². The zero-order valence-corrected chi connectivity index (χ0v) is 21.2. The van der Waals surface area contributed by atoms with E-state index in [2.05, 4.69) is 20.9 Å². The zero-order chi connectivity index (χ0) is 29.7. The van der Waals surface area contributed by atoms with Crippen LogP contribution in [-0.2, 0) is 30.4 Å². The average molecular weight is 554 g/mol. The van der Waals surface area contributed by atoms with Crippen molar-refractivity contribution in [3.63, 3.8) is 0 Å². The molecule has 39 heavy (non-hydrogen) atoms. The van der Waals surface area contributed by atoms with E-state index >= 15 is 0 Å². The van der Waals surface area contributed by atoms with E-state index in [-0.39, 0.29) is 37.5 Å². The summed E-state index contributed by atoms with van der Waals surface area (Å²) >= 11 is 0. The van der Waals surface area contributed by atoms with Crippen molar-refractivity contribution < 1.29 is 44.4 Å². The van der Waals surface area contributed by atoms with Gasteiger partial charge < -0.3 is 53.6 Å². The van der Waals surface area contributed by atoms with Gasteiger partial charge in [-0.25, -0.2) is 4.79 Å². The number of nitrogens with one attached hydrogen (secondary N) is 3. The van der Waals surface area contributed by atoms with Crippen LogP contribution in [0.4, 0.5) is 0 Å². The number of benzene rings is 1. The van der Waals surface area contributed by atoms with Crippen LogP contribution in [0.25, 0.3) is 0 Å². The lowest BCUT2D eigenvalue weighted by molar-refractivity contribution is -0.144. The summed E-state index contributed by atoms with van der Waals surface area (Å²) < 4.78 is 0. The molecule has 5 atom stereocenters. The minimum absolute atomic E-state index is 0.00594. The molecular formula is C23H35N7O9. The second-order valence-corrected chi connectivity index (χ2v) is 8.71. The highest BCUT2D eigenvalue weighted by atomic mass is 16.4. The number of carbonyl (C=O) groups is 5. The number of rotatable bonds is 16. The fourth-order valence-electron chi connectivity index (χ4n) is 3.32. The molecule has 1 rings (SSSR count). The Labute approximate surface area is 223 Å². The molecule has 1 aromatic carbocycles. The SMILES string of the molecule is CC(O)C(NC(=O)C(CC(=O)O)NC(=O)C(N)Cc1ccc(O)cc1)C(=O)NC(CCCN=C(N)N)C(=O)O. The highest BCUT2D eigenvalue weighted by molar-refractivity contribution is 5.95. The molecule has 216 valence electrons. The van der Waals surface area contributed by atoms with Crippen LogP contribution < -0.4 is 33.2 Å². The van der Waals surface area contributed by atoms with Crippen LogP contribution >= 0.6 is 0 Å². The zero-order valence-electron chi connectivity index (χ0n) is 21.2. The molecule has 0 aliphatic rings. The second kappa shape index (κ2) is 15.7. The van der Waals surface area contributed by atoms with Gasteiger partial charge >= 0.3 is 11.9 Å². The first-order valence-electron chi connectivity index (χ1n) is 11.8. The number of aromatic hydroxyl groups is 1. The molecule has 13 N–H and O–H groups in total. The van der Waals surface area contributed by atoms with Gasteiger partial charge in [-0.05, 0) is 43.9 Å². The van der Waals surface area contributed by atoms with Crippen LogP contribution in [0.5, 0.6) is 5.75 Å². The Morgan fingerprint density at radius 1 is 0.923 bits per heavy atom. The van der Waals surface area contributed by atoms with Crippen molar-refractivity contribution >= 4 is 35.6 Å². The van der Waals surface area contributed by atoms with Gasteiger partial charge in [-0.2, -0.15) is 0 Å². The molecule has 0 saturated heterocycles. The lowest BCUT2D eigenvalue weighted by Crippen LogP contribution is -2.60. The Hall–Kier alpha value is -4.44. The maximum Gasteiger partial charge on any atom is 0.326 e. The number of carbonyl (C=O) groups excluding carboxylic acids is 3. The van der Waals surface area contributed by atoms with Gasteiger partial charge in [0.1, 0.15) is 23.9 Å². The summed E-state index contributed by atoms with van der Waals surface area (Å²) in [5.41, 5.74) is 16.9. The molecule has 0 saturated carbocycles. The number of carboxylic acids is 2. The van der Waals surface area contributed by atoms with E-state index in [1.165, 1.54) is 24.3 Å². The molecule has 0 spiro atoms. The molecule has 0 heterocycles. The van der Waals surface area contributed by atoms with E-state index in [1.54, 1.807) is 0 Å². The number of phenols is 1. The van der Waals surface area contributed by atoms with Gasteiger partial charge in [-0.15, -0.1) is 0 Å². The maximum absolute atomic E-state index is 12.8. The lowest BCUT2D eigenvalue weighted by Gasteiger charge is -2.26. The van der Waals surface area contributed by atoms with Crippen molar-refractivity contribution in [1.82, 2.24) is 16.0 Å². The van der Waals surface area contributed by atoms with Crippen LogP contribution in [0.2, 0.25) is 0 Å². The van der Waals surface area contributed by atoms with Gasteiger partial charge in [0.05, 0.1) is 18.6 Å². The second-order valence-electron chi connectivity index (χ2n) is 8.71. The van der Waals surface area contributed by atoms with Crippen molar-refractivity contribution in [3.05, 3.63) is 29.8 Å². The van der Waals surface area contributed by atoms with Crippen LogP contribution in [0.15, 0.2) is 29.3 Å². The van der Waals surface area contributed by atoms with Crippen LogP contribution in [-0.4, -0.2) is 92.9 Å². The van der Waals surface area contributed by atoms with E-state index in [1.807, 2.05) is 0 Å². The van der Waals surface area contributed by atoms with Crippen molar-refractivity contribution in [2.75, 3.05) is 6.54 Å². The largest absolute Gasteiger partial charge is 0.508 e. The third-order valence-electron chi connectivity index (χ3n) is 5.36. The van der Waals surface area contributed by atoms with Gasteiger partial charge in [-0.1, -0.05) is 12.1 Å². The van der Waals surface area contributed by atoms with E-state index in [0.717, 1.165) is 6.92 Å². The highest BCUT2D eigenvalue weighted by Gasteiger charge is 2.33. The third kappa shape index (κ3) is 12.1. The predicted molar refractivity (Wildman–Crippen MR) is 137 cm³/mol. The number of aliphatic imine (C=N–C) groups is 1. The number of nitrogens with zero attached hydrogens (tertiary/aromatic N) is 1. The smallest absolute Gasteiger partial charge is 0.326 e. The number of amides is 3. The Kier molecular flexibility index (Phi) is 13.1. The predicted octanol–water partition coefficient (Wildman–Crippen LogP) is -3.29. The summed E-state index contributed by atoms with van der Waals surface area (Å²) in [6.45, 7) is 1.25. The molecule has 1 aromatic rings. The first-order chi connectivity index (χ1) is 18.2. The number of hydrogen-bond acceptors (Lipinski definition) is 9. The molecule has 0 aliphatic carbocycles. The van der Waals surface area contributed by atoms with E-state index in [9.17, 15) is 44.4 Å². The summed E-state index contributed by atoms with van der Waals surface area (Å²) in [5, 5.41) is 44.6. The van der Waals surface area contributed by atoms with Crippen LogP contribution in [0, 0.1) is 0 Å². The fourth-order valence-corrected chi connectivity index (χ4v) is 3.32. The van der Waals surface area contributed by atoms with E-state index < -0.39 is 66.4 Å². The molecule has 16 nitrogen and oxygen atoms in total. The standard InChI is InChI=1S/C23H35N7O9/c1-11(31)18(21(37)28-15(22(38)39)3-2-8-27-23(25)26)30-20(36)16(10-17(33)34)29-19(35)14(24)9-12-4-6-13(32)7-5-12/h4-7,11,14-16,18,31-32H,2-3,8-10,24H2,1H3,(H,28,37)(H,29,35)(H,30,36)(H,33,34)(H,38,39)(H4,25,26,27). The monoisotopic (exact) mass is 553 g/mol. The molecule has 16 heteroatoms. The molecule has 3 amide bonds. The molecule has 0 bridgehead atoms. The number of hydrogen-bond donors (Lipinski definition) is 10. The van der Waals surface area contributed by atoms with Crippen molar-refractivity contribution in [2.45, 2.75) is 62.9 Å². The summed E-state index contributed by atoms with van der Waals surface area (Å²) in [7, 11) is 0. The average Bonchev–Trinajstić information content (AvgIpc) is 2.84. The number of aliphatic carboxylic acids is 2. The lowest BCUT2D eigenvalue weighted by atomic mass is 10.0. The number of phenolic OH excluding ortho intramolecular Hbond substituents is 1. The molecular weight excluding hydrogens is 518 g/mol. The van der Waals surface area contributed by atoms with Crippen molar-refractivity contribution in [3.8, 4) is 5.75 Å². The summed E-state index contributed by atoms with van der Waals surface area (Å²) in [4.78, 5) is 64.7. The van der Waals surface area contributed by atoms with Gasteiger partial charge in [0, 0.05) is 6.54 Å². The van der Waals surface area contributed by atoms with Gasteiger partial charge in [0.25, 0.3) is 0 Å². The van der Waals surface area contributed by atoms with Gasteiger partial charge in [-0.3, -0.25) is 24.2 Å². The number of aliphatic hydroxyl groups is 1. The Morgan fingerprint density at radius 3 is 2.03 bits per heavy atom. The molecule has 0 fully saturated rings. The van der Waals surface area contributed by atoms with E-state index in [0.29, 0.717) is 5.56 Å². The Morgan fingerprint density at radius 2 is 1.51 bits per heavy atom. The minimum Gasteiger partial charge on any atom is -0.508 e. The number of nitrogens with two attached hydrogens (primary N) is 3. The Bertz CT molecular complexity index is 1040. The number of aliphatic hydroxyl groups excluding tert-OH is 1. The fraction of sp³-hybridized carbons (Fsp3) is 0.478. The van der Waals surface area contributed by atoms with Crippen molar-refractivity contribution in [1.29, 1.82) is 0 Å². The molecule has 5 unspecified atom stereocenters. The first kappa shape index (κ1) is 32.6. The first-order valence-corrected chi connectivity index (χ1v) is 11.8. The third-order valence-corrected chi connectivity index (χ3v) is 5.36. The molecule has 0 aliphatic heterocycles. The van der Waals surface area contributed by atoms with Crippen LogP contribution in [0.3, 0.4) is 0 Å². The normalized spacial score (nSPS) is 14.5. The number of guanidine groups is 1. The number of carboxylic acid groups (broad SMARTS) is 2. The minimum atomic E-state index is -1.68. The summed E-state index contributed by atoms with van der Waals surface area (Å²) in [5.74, 6) is -6.07. The maximum atomic E-state index is 12.8. The van der Waals surface area contributed by atoms with Gasteiger partial charge in [0.15, 0.2) is 5.96 Å². The van der Waals surface area contributed by atoms with Gasteiger partial charge in [0.2, 0.25) is 17.7 Å². The van der Waals surface area contributed by atoms with E-state index in [4.69, 9.17) is 17.2 Å². The quantitative estimate of drug-likeness (QED) is 0.0547. The van der Waals surface area contributed by atoms with Crippen molar-refractivity contribution in [2.24, 2.45) is 22.2 Å².